The quantitative estimate of drug-likeness (QED) is 0.297. The minimum atomic E-state index is -1.50. The van der Waals surface area contributed by atoms with Gasteiger partial charge in [-0.2, -0.15) is 10.5 Å². The van der Waals surface area contributed by atoms with Crippen LogP contribution in [0.25, 0.3) is 0 Å². The van der Waals surface area contributed by atoms with Crippen molar-refractivity contribution in [2.24, 2.45) is 11.3 Å². The molecule has 0 aliphatic carbocycles. The zero-order chi connectivity index (χ0) is 23.2. The Bertz CT molecular complexity index is 944. The summed E-state index contributed by atoms with van der Waals surface area (Å²) in [5.41, 5.74) is 1.23. The van der Waals surface area contributed by atoms with Crippen LogP contribution < -0.4 is 0 Å². The standard InChI is InChI=1S/C24H27N3O4/c1-6-9-19-20(24(15-25,16-26)12-7-8-13-30-17(2)28)14-18-10-11-21(19)27(18)22(29)31-23(3,4)5/h9,14,18-19,21H,1,10-13H2,2-5H3. The van der Waals surface area contributed by atoms with Crippen LogP contribution in [-0.2, 0) is 14.3 Å². The Morgan fingerprint density at radius 2 is 1.94 bits per heavy atom. The monoisotopic (exact) mass is 421 g/mol. The van der Waals surface area contributed by atoms with Gasteiger partial charge in [0.2, 0.25) is 0 Å². The Morgan fingerprint density at radius 3 is 2.48 bits per heavy atom. The molecule has 0 aromatic carbocycles. The lowest BCUT2D eigenvalue weighted by atomic mass is 9.70. The molecule has 0 N–H and O–H groups in total. The lowest BCUT2D eigenvalue weighted by Crippen LogP contribution is -2.50. The lowest BCUT2D eigenvalue weighted by molar-refractivity contribution is -0.139. The molecule has 1 fully saturated rings. The van der Waals surface area contributed by atoms with Gasteiger partial charge >= 0.3 is 12.1 Å². The molecule has 7 heteroatoms. The van der Waals surface area contributed by atoms with E-state index in [0.717, 1.165) is 0 Å². The van der Waals surface area contributed by atoms with Gasteiger partial charge in [-0.3, -0.25) is 9.69 Å². The third-order valence-corrected chi connectivity index (χ3v) is 5.22. The number of esters is 1. The summed E-state index contributed by atoms with van der Waals surface area (Å²) in [6, 6.07) is 3.74. The van der Waals surface area contributed by atoms with E-state index in [1.807, 2.05) is 26.8 Å². The van der Waals surface area contributed by atoms with E-state index in [4.69, 9.17) is 9.47 Å². The zero-order valence-electron chi connectivity index (χ0n) is 18.4. The summed E-state index contributed by atoms with van der Waals surface area (Å²) in [5, 5.41) is 19.9. The number of nitrogens with zero attached hydrogens (tertiary/aromatic N) is 3. The Morgan fingerprint density at radius 1 is 1.26 bits per heavy atom. The zero-order valence-corrected chi connectivity index (χ0v) is 18.4. The molecule has 2 bridgehead atoms. The first-order valence-corrected chi connectivity index (χ1v) is 10.1. The fourth-order valence-corrected chi connectivity index (χ4v) is 3.97. The predicted molar refractivity (Wildman–Crippen MR) is 113 cm³/mol. The van der Waals surface area contributed by atoms with E-state index in [0.29, 0.717) is 18.4 Å². The van der Waals surface area contributed by atoms with Crippen molar-refractivity contribution in [2.45, 2.75) is 64.6 Å². The molecule has 2 rings (SSSR count). The molecule has 1 amide bonds. The fourth-order valence-electron chi connectivity index (χ4n) is 3.97. The van der Waals surface area contributed by atoms with Crippen molar-refractivity contribution in [2.75, 3.05) is 6.61 Å². The summed E-state index contributed by atoms with van der Waals surface area (Å²) < 4.78 is 10.4. The maximum absolute atomic E-state index is 12.8. The van der Waals surface area contributed by atoms with Gasteiger partial charge in [0.1, 0.15) is 5.60 Å². The molecule has 162 valence electrons. The maximum atomic E-state index is 12.8. The van der Waals surface area contributed by atoms with Crippen LogP contribution in [0.4, 0.5) is 4.79 Å². The highest BCUT2D eigenvalue weighted by molar-refractivity contribution is 5.71. The molecule has 0 aromatic heterocycles. The van der Waals surface area contributed by atoms with Gasteiger partial charge in [-0.25, -0.2) is 4.79 Å². The number of hydrogen-bond acceptors (Lipinski definition) is 6. The number of hydrogen-bond donors (Lipinski definition) is 0. The second-order valence-corrected chi connectivity index (χ2v) is 8.56. The van der Waals surface area contributed by atoms with Crippen molar-refractivity contribution in [1.29, 1.82) is 10.5 Å². The van der Waals surface area contributed by atoms with Crippen LogP contribution in [-0.4, -0.2) is 41.3 Å². The van der Waals surface area contributed by atoms with E-state index >= 15 is 0 Å². The average molecular weight is 421 g/mol. The van der Waals surface area contributed by atoms with Gasteiger partial charge in [-0.05, 0) is 45.3 Å². The van der Waals surface area contributed by atoms with E-state index in [-0.39, 0.29) is 25.1 Å². The number of nitriles is 2. The van der Waals surface area contributed by atoms with E-state index in [2.05, 4.69) is 36.3 Å². The molecular weight excluding hydrogens is 394 g/mol. The summed E-state index contributed by atoms with van der Waals surface area (Å²) in [6.07, 6.45) is 4.48. The highest BCUT2D eigenvalue weighted by Crippen LogP contribution is 2.47. The van der Waals surface area contributed by atoms with Gasteiger partial charge < -0.3 is 9.47 Å². The van der Waals surface area contributed by atoms with Gasteiger partial charge in [0.05, 0.1) is 18.2 Å². The molecule has 2 heterocycles. The highest BCUT2D eigenvalue weighted by Gasteiger charge is 2.51. The molecular formula is C24H27N3O4. The number of rotatable bonds is 4. The summed E-state index contributed by atoms with van der Waals surface area (Å²) in [7, 11) is 0. The topological polar surface area (TPSA) is 103 Å². The molecule has 0 aromatic rings. The SMILES string of the molecule is C=C=CC1C(C(C#N)(C#N)CC#CCOC(C)=O)=CC2CCC1N2C(=O)OC(C)(C)C. The van der Waals surface area contributed by atoms with Crippen LogP contribution in [0.1, 0.15) is 47.0 Å². The lowest BCUT2D eigenvalue weighted by Gasteiger charge is -2.41. The molecule has 0 saturated carbocycles. The number of fused-ring (bicyclic) bond motifs is 2. The molecule has 3 atom stereocenters. The van der Waals surface area contributed by atoms with Crippen LogP contribution in [0.15, 0.2) is 30.0 Å². The van der Waals surface area contributed by atoms with Crippen LogP contribution >= 0.6 is 0 Å². The Hall–Kier alpha value is -3.46. The highest BCUT2D eigenvalue weighted by atomic mass is 16.6. The van der Waals surface area contributed by atoms with Crippen molar-refractivity contribution >= 4 is 12.1 Å². The van der Waals surface area contributed by atoms with Crippen molar-refractivity contribution in [3.05, 3.63) is 30.0 Å². The summed E-state index contributed by atoms with van der Waals surface area (Å²) in [4.78, 5) is 25.4. The minimum Gasteiger partial charge on any atom is -0.453 e. The van der Waals surface area contributed by atoms with Crippen molar-refractivity contribution in [1.82, 2.24) is 4.90 Å². The van der Waals surface area contributed by atoms with E-state index in [1.54, 1.807) is 11.0 Å². The Kier molecular flexibility index (Phi) is 7.35. The number of carbonyl (C=O) groups is 2. The first-order chi connectivity index (χ1) is 14.6. The normalized spacial score (nSPS) is 21.9. The maximum Gasteiger partial charge on any atom is 0.411 e. The van der Waals surface area contributed by atoms with E-state index in [9.17, 15) is 20.1 Å². The number of amides is 1. The molecule has 0 radical (unpaired) electrons. The second-order valence-electron chi connectivity index (χ2n) is 8.56. The fraction of sp³-hybridized carbons (Fsp3) is 0.542. The van der Waals surface area contributed by atoms with Crippen molar-refractivity contribution < 1.29 is 19.1 Å². The predicted octanol–water partition coefficient (Wildman–Crippen LogP) is 3.64. The summed E-state index contributed by atoms with van der Waals surface area (Å²) in [6.45, 7) is 10.3. The van der Waals surface area contributed by atoms with Crippen molar-refractivity contribution in [3.8, 4) is 24.0 Å². The van der Waals surface area contributed by atoms with Crippen LogP contribution in [0.3, 0.4) is 0 Å². The molecule has 7 nitrogen and oxygen atoms in total. The van der Waals surface area contributed by atoms with Crippen LogP contribution in [0.2, 0.25) is 0 Å². The number of ether oxygens (including phenoxy) is 2. The van der Waals surface area contributed by atoms with Gasteiger partial charge in [0, 0.05) is 25.3 Å². The summed E-state index contributed by atoms with van der Waals surface area (Å²) in [5.74, 6) is 4.61. The minimum absolute atomic E-state index is 0.0412. The van der Waals surface area contributed by atoms with Crippen LogP contribution in [0, 0.1) is 45.8 Å². The van der Waals surface area contributed by atoms with Gasteiger partial charge in [0.25, 0.3) is 0 Å². The third kappa shape index (κ3) is 5.37. The van der Waals surface area contributed by atoms with E-state index < -0.39 is 29.0 Å². The van der Waals surface area contributed by atoms with Crippen LogP contribution in [0.5, 0.6) is 0 Å². The molecule has 0 spiro atoms. The second kappa shape index (κ2) is 9.57. The molecule has 1 saturated heterocycles. The number of carbonyl (C=O) groups excluding carboxylic acids is 2. The summed E-state index contributed by atoms with van der Waals surface area (Å²) >= 11 is 0. The largest absolute Gasteiger partial charge is 0.453 e. The van der Waals surface area contributed by atoms with Crippen molar-refractivity contribution in [3.63, 3.8) is 0 Å². The third-order valence-electron chi connectivity index (χ3n) is 5.22. The molecule has 3 unspecified atom stereocenters. The molecule has 2 aliphatic rings. The van der Waals surface area contributed by atoms with Gasteiger partial charge in [0.15, 0.2) is 12.0 Å². The van der Waals surface area contributed by atoms with E-state index in [1.165, 1.54) is 6.92 Å². The Labute approximate surface area is 183 Å². The Balaban J connectivity index is 2.41. The first kappa shape index (κ1) is 23.8. The van der Waals surface area contributed by atoms with Gasteiger partial charge in [-0.15, -0.1) is 5.73 Å². The molecule has 2 aliphatic heterocycles. The first-order valence-electron chi connectivity index (χ1n) is 10.1. The van der Waals surface area contributed by atoms with Gasteiger partial charge in [-0.1, -0.05) is 24.5 Å². The average Bonchev–Trinajstić information content (AvgIpc) is 3.01. The molecule has 31 heavy (non-hydrogen) atoms. The smallest absolute Gasteiger partial charge is 0.411 e.